The number of ether oxygens (including phenoxy) is 1. The van der Waals surface area contributed by atoms with Crippen molar-refractivity contribution in [1.29, 1.82) is 0 Å². The third kappa shape index (κ3) is 3.23. The van der Waals surface area contributed by atoms with Crippen molar-refractivity contribution in [2.75, 3.05) is 0 Å². The summed E-state index contributed by atoms with van der Waals surface area (Å²) in [5.74, 6) is 1.43. The summed E-state index contributed by atoms with van der Waals surface area (Å²) in [6.45, 7) is 0. The maximum Gasteiger partial charge on any atom is 0.127 e. The molecule has 86 valence electrons. The number of hydrogen-bond acceptors (Lipinski definition) is 3. The fraction of sp³-hybridized carbons (Fsp3) is 0. The van der Waals surface area contributed by atoms with E-state index in [2.05, 4.69) is 5.16 Å². The molecule has 0 saturated heterocycles. The first-order chi connectivity index (χ1) is 8.28. The average molecular weight is 248 g/mol. The Morgan fingerprint density at radius 3 is 2.00 bits per heavy atom. The molecule has 0 radical (unpaired) electrons. The zero-order valence-electron chi connectivity index (χ0n) is 8.88. The van der Waals surface area contributed by atoms with E-state index >= 15 is 0 Å². The van der Waals surface area contributed by atoms with E-state index in [1.165, 1.54) is 6.21 Å². The molecule has 0 unspecified atom stereocenters. The fourth-order valence-electron chi connectivity index (χ4n) is 1.33. The Morgan fingerprint density at radius 2 is 1.47 bits per heavy atom. The molecule has 0 fully saturated rings. The van der Waals surface area contributed by atoms with Crippen molar-refractivity contribution in [3.8, 4) is 11.5 Å². The minimum Gasteiger partial charge on any atom is -0.457 e. The minimum absolute atomic E-state index is 0.673. The van der Waals surface area contributed by atoms with E-state index in [0.29, 0.717) is 10.8 Å². The normalized spacial score (nSPS) is 10.6. The Morgan fingerprint density at radius 1 is 0.941 bits per heavy atom. The largest absolute Gasteiger partial charge is 0.457 e. The zero-order chi connectivity index (χ0) is 12.1. The molecule has 3 nitrogen and oxygen atoms in total. The SMILES string of the molecule is O/N=C\c1ccc(Oc2ccc(Cl)cc2)cc1. The summed E-state index contributed by atoms with van der Waals surface area (Å²) in [6.07, 6.45) is 1.35. The first-order valence-corrected chi connectivity index (χ1v) is 5.36. The Labute approximate surface area is 104 Å². The van der Waals surface area contributed by atoms with Crippen molar-refractivity contribution < 1.29 is 9.94 Å². The lowest BCUT2D eigenvalue weighted by Crippen LogP contribution is -1.85. The van der Waals surface area contributed by atoms with Crippen molar-refractivity contribution in [1.82, 2.24) is 0 Å². The molecule has 2 rings (SSSR count). The molecular weight excluding hydrogens is 238 g/mol. The Balaban J connectivity index is 2.11. The summed E-state index contributed by atoms with van der Waals surface area (Å²) in [5.41, 5.74) is 0.802. The number of oxime groups is 1. The summed E-state index contributed by atoms with van der Waals surface area (Å²) in [7, 11) is 0. The number of halogens is 1. The topological polar surface area (TPSA) is 41.8 Å². The van der Waals surface area contributed by atoms with Crippen LogP contribution in [0.3, 0.4) is 0 Å². The number of nitrogens with zero attached hydrogens (tertiary/aromatic N) is 1. The van der Waals surface area contributed by atoms with E-state index in [-0.39, 0.29) is 0 Å². The van der Waals surface area contributed by atoms with Crippen molar-refractivity contribution in [2.24, 2.45) is 5.16 Å². The predicted molar refractivity (Wildman–Crippen MR) is 67.3 cm³/mol. The smallest absolute Gasteiger partial charge is 0.127 e. The van der Waals surface area contributed by atoms with Crippen LogP contribution in [0.4, 0.5) is 0 Å². The molecule has 0 aliphatic rings. The summed E-state index contributed by atoms with van der Waals surface area (Å²) >= 11 is 5.78. The van der Waals surface area contributed by atoms with Gasteiger partial charge in [-0.2, -0.15) is 0 Å². The standard InChI is InChI=1S/C13H10ClNO2/c14-11-3-7-13(8-4-11)17-12-5-1-10(2-6-12)9-15-16/h1-9,16H/b15-9-. The molecule has 1 N–H and O–H groups in total. The first kappa shape index (κ1) is 11.5. The number of benzene rings is 2. The second kappa shape index (κ2) is 5.37. The van der Waals surface area contributed by atoms with E-state index in [1.54, 1.807) is 48.5 Å². The van der Waals surface area contributed by atoms with Gasteiger partial charge in [0.05, 0.1) is 6.21 Å². The van der Waals surface area contributed by atoms with Crippen LogP contribution in [0.2, 0.25) is 5.02 Å². The lowest BCUT2D eigenvalue weighted by atomic mass is 10.2. The van der Waals surface area contributed by atoms with Crippen LogP contribution in [-0.2, 0) is 0 Å². The second-order valence-electron chi connectivity index (χ2n) is 3.37. The maximum atomic E-state index is 8.38. The van der Waals surface area contributed by atoms with Gasteiger partial charge in [0.2, 0.25) is 0 Å². The lowest BCUT2D eigenvalue weighted by Gasteiger charge is -2.05. The average Bonchev–Trinajstić information content (AvgIpc) is 2.35. The highest BCUT2D eigenvalue weighted by Gasteiger charge is 1.97. The minimum atomic E-state index is 0.673. The van der Waals surface area contributed by atoms with Gasteiger partial charge in [0, 0.05) is 5.02 Å². The van der Waals surface area contributed by atoms with Crippen LogP contribution in [0.1, 0.15) is 5.56 Å². The highest BCUT2D eigenvalue weighted by atomic mass is 35.5. The molecule has 0 aliphatic carbocycles. The van der Waals surface area contributed by atoms with Crippen LogP contribution >= 0.6 is 11.6 Å². The van der Waals surface area contributed by atoms with Crippen LogP contribution in [0, 0.1) is 0 Å². The van der Waals surface area contributed by atoms with Crippen LogP contribution < -0.4 is 4.74 Å². The second-order valence-corrected chi connectivity index (χ2v) is 3.81. The molecule has 4 heteroatoms. The van der Waals surface area contributed by atoms with E-state index < -0.39 is 0 Å². The van der Waals surface area contributed by atoms with Gasteiger partial charge >= 0.3 is 0 Å². The molecular formula is C13H10ClNO2. The molecule has 0 heterocycles. The summed E-state index contributed by atoms with van der Waals surface area (Å²) in [4.78, 5) is 0. The van der Waals surface area contributed by atoms with Crippen molar-refractivity contribution in [2.45, 2.75) is 0 Å². The predicted octanol–water partition coefficient (Wildman–Crippen LogP) is 3.94. The van der Waals surface area contributed by atoms with E-state index in [9.17, 15) is 0 Å². The lowest BCUT2D eigenvalue weighted by molar-refractivity contribution is 0.322. The quantitative estimate of drug-likeness (QED) is 0.507. The molecule has 2 aromatic rings. The van der Waals surface area contributed by atoms with Crippen LogP contribution in [0.25, 0.3) is 0 Å². The number of rotatable bonds is 3. The summed E-state index contributed by atoms with van der Waals surface area (Å²) in [5, 5.41) is 12.0. The molecule has 17 heavy (non-hydrogen) atoms. The van der Waals surface area contributed by atoms with Gasteiger partial charge in [-0.25, -0.2) is 0 Å². The van der Waals surface area contributed by atoms with Crippen LogP contribution in [0.5, 0.6) is 11.5 Å². The molecule has 0 bridgehead atoms. The molecule has 0 aliphatic heterocycles. The molecule has 0 aromatic heterocycles. The van der Waals surface area contributed by atoms with Crippen molar-refractivity contribution >= 4 is 17.8 Å². The highest BCUT2D eigenvalue weighted by Crippen LogP contribution is 2.22. The highest BCUT2D eigenvalue weighted by molar-refractivity contribution is 6.30. The molecule has 0 spiro atoms. The van der Waals surface area contributed by atoms with E-state index in [4.69, 9.17) is 21.5 Å². The summed E-state index contributed by atoms with van der Waals surface area (Å²) in [6, 6.07) is 14.3. The van der Waals surface area contributed by atoms with E-state index in [0.717, 1.165) is 11.3 Å². The third-order valence-corrected chi connectivity index (χ3v) is 2.39. The van der Waals surface area contributed by atoms with Gasteiger partial charge in [-0.1, -0.05) is 16.8 Å². The van der Waals surface area contributed by atoms with Crippen LogP contribution in [0.15, 0.2) is 53.7 Å². The van der Waals surface area contributed by atoms with E-state index in [1.807, 2.05) is 0 Å². The Bertz CT molecular complexity index is 506. The molecule has 2 aromatic carbocycles. The van der Waals surface area contributed by atoms with Gasteiger partial charge in [-0.15, -0.1) is 0 Å². The Hall–Kier alpha value is -2.00. The van der Waals surface area contributed by atoms with Gasteiger partial charge in [0.25, 0.3) is 0 Å². The first-order valence-electron chi connectivity index (χ1n) is 4.99. The van der Waals surface area contributed by atoms with Gasteiger partial charge in [0.15, 0.2) is 0 Å². The zero-order valence-corrected chi connectivity index (χ0v) is 9.63. The number of hydrogen-bond donors (Lipinski definition) is 1. The van der Waals surface area contributed by atoms with Crippen molar-refractivity contribution in [3.05, 3.63) is 59.1 Å². The van der Waals surface area contributed by atoms with Gasteiger partial charge < -0.3 is 9.94 Å². The van der Waals surface area contributed by atoms with Crippen molar-refractivity contribution in [3.63, 3.8) is 0 Å². The van der Waals surface area contributed by atoms with Gasteiger partial charge in [-0.05, 0) is 54.1 Å². The Kier molecular flexibility index (Phi) is 3.62. The van der Waals surface area contributed by atoms with Gasteiger partial charge in [0.1, 0.15) is 11.5 Å². The molecule has 0 amide bonds. The maximum absolute atomic E-state index is 8.38. The molecule has 0 atom stereocenters. The third-order valence-electron chi connectivity index (χ3n) is 2.14. The monoisotopic (exact) mass is 247 g/mol. The van der Waals surface area contributed by atoms with Gasteiger partial charge in [-0.3, -0.25) is 0 Å². The fourth-order valence-corrected chi connectivity index (χ4v) is 1.45. The van der Waals surface area contributed by atoms with Crippen LogP contribution in [-0.4, -0.2) is 11.4 Å². The summed E-state index contributed by atoms with van der Waals surface area (Å²) < 4.78 is 5.60. The molecule has 0 saturated carbocycles.